The Kier molecular flexibility index (Phi) is 5.50. The van der Waals surface area contributed by atoms with E-state index in [1.807, 2.05) is 13.8 Å². The first-order valence-electron chi connectivity index (χ1n) is 12.4. The van der Waals surface area contributed by atoms with Gasteiger partial charge in [0.1, 0.15) is 0 Å². The average molecular weight is 375 g/mol. The van der Waals surface area contributed by atoms with Crippen molar-refractivity contribution in [3.05, 3.63) is 0 Å². The summed E-state index contributed by atoms with van der Waals surface area (Å²) in [6, 6.07) is 0. The summed E-state index contributed by atoms with van der Waals surface area (Å²) in [7, 11) is 0. The second-order valence-corrected chi connectivity index (χ2v) is 12.4. The van der Waals surface area contributed by atoms with Crippen LogP contribution in [0.2, 0.25) is 0 Å². The molecule has 4 aliphatic carbocycles. The molecule has 0 aromatic carbocycles. The zero-order valence-electron chi connectivity index (χ0n) is 18.8. The van der Waals surface area contributed by atoms with E-state index in [0.29, 0.717) is 5.41 Å². The van der Waals surface area contributed by atoms with Crippen molar-refractivity contribution in [2.45, 2.75) is 111 Å². The van der Waals surface area contributed by atoms with Gasteiger partial charge >= 0.3 is 0 Å². The van der Waals surface area contributed by atoms with Crippen LogP contribution in [-0.2, 0) is 0 Å². The van der Waals surface area contributed by atoms with E-state index in [4.69, 9.17) is 0 Å². The third-order valence-corrected chi connectivity index (χ3v) is 10.2. The molecule has 9 unspecified atom stereocenters. The van der Waals surface area contributed by atoms with Crippen LogP contribution in [0.25, 0.3) is 0 Å². The third-order valence-electron chi connectivity index (χ3n) is 10.2. The molecule has 4 fully saturated rings. The largest absolute Gasteiger partial charge is 0.390 e. The fourth-order valence-corrected chi connectivity index (χ4v) is 8.85. The van der Waals surface area contributed by atoms with Gasteiger partial charge in [-0.05, 0) is 131 Å². The molecule has 4 aliphatic rings. The fourth-order valence-electron chi connectivity index (χ4n) is 8.85. The lowest BCUT2D eigenvalue weighted by atomic mass is 9.48. The van der Waals surface area contributed by atoms with Crippen molar-refractivity contribution >= 4 is 0 Å². The first-order chi connectivity index (χ1) is 12.7. The zero-order chi connectivity index (χ0) is 19.4. The summed E-state index contributed by atoms with van der Waals surface area (Å²) in [5, 5.41) is 10.2. The van der Waals surface area contributed by atoms with Crippen molar-refractivity contribution in [1.82, 2.24) is 0 Å². The SMILES string of the molecule is CC1CCC2C(CCC3C2CCC2(C)C(C(C)CCC(C)(C)O)CCC32)C1. The highest BCUT2D eigenvalue weighted by Gasteiger charge is 2.57. The first kappa shape index (κ1) is 20.2. The standard InChI is InChI=1S/C26H46O/c1-17-6-8-20-19(16-17)7-9-22-21(20)13-15-26(5)23(10-11-24(22)26)18(2)12-14-25(3,4)27/h17-24,27H,6-16H2,1-5H3. The van der Waals surface area contributed by atoms with E-state index in [-0.39, 0.29) is 0 Å². The van der Waals surface area contributed by atoms with Gasteiger partial charge in [0.05, 0.1) is 5.60 Å². The summed E-state index contributed by atoms with van der Waals surface area (Å²) in [5.41, 5.74) is 0.0936. The lowest BCUT2D eigenvalue weighted by Crippen LogP contribution is -2.49. The molecule has 156 valence electrons. The molecule has 0 saturated heterocycles. The summed E-state index contributed by atoms with van der Waals surface area (Å²) >= 11 is 0. The number of fused-ring (bicyclic) bond motifs is 5. The van der Waals surface area contributed by atoms with Crippen molar-refractivity contribution in [3.63, 3.8) is 0 Å². The van der Waals surface area contributed by atoms with Gasteiger partial charge in [-0.15, -0.1) is 0 Å². The number of rotatable bonds is 4. The molecule has 0 aliphatic heterocycles. The molecule has 1 N–H and O–H groups in total. The van der Waals surface area contributed by atoms with Gasteiger partial charge in [-0.3, -0.25) is 0 Å². The molecular formula is C26H46O. The minimum Gasteiger partial charge on any atom is -0.390 e. The average Bonchev–Trinajstić information content (AvgIpc) is 2.96. The Morgan fingerprint density at radius 3 is 2.44 bits per heavy atom. The molecule has 0 aromatic heterocycles. The molecule has 27 heavy (non-hydrogen) atoms. The molecule has 9 atom stereocenters. The van der Waals surface area contributed by atoms with Crippen LogP contribution in [0.4, 0.5) is 0 Å². The van der Waals surface area contributed by atoms with E-state index in [9.17, 15) is 5.11 Å². The normalized spacial score (nSPS) is 48.4. The molecule has 0 radical (unpaired) electrons. The highest BCUT2D eigenvalue weighted by molar-refractivity contribution is 5.06. The fraction of sp³-hybridized carbons (Fsp3) is 1.00. The summed E-state index contributed by atoms with van der Waals surface area (Å²) in [4.78, 5) is 0. The summed E-state index contributed by atoms with van der Waals surface area (Å²) in [6.07, 6.45) is 15.8. The predicted molar refractivity (Wildman–Crippen MR) is 114 cm³/mol. The number of hydrogen-bond acceptors (Lipinski definition) is 1. The van der Waals surface area contributed by atoms with Crippen LogP contribution in [0, 0.1) is 52.8 Å². The van der Waals surface area contributed by atoms with Gasteiger partial charge in [-0.1, -0.05) is 27.2 Å². The van der Waals surface area contributed by atoms with E-state index in [1.165, 1.54) is 44.9 Å². The Labute approximate surface area is 169 Å². The van der Waals surface area contributed by atoms with Crippen LogP contribution in [0.3, 0.4) is 0 Å². The molecule has 0 heterocycles. The van der Waals surface area contributed by atoms with Crippen molar-refractivity contribution in [2.75, 3.05) is 0 Å². The van der Waals surface area contributed by atoms with Crippen LogP contribution >= 0.6 is 0 Å². The van der Waals surface area contributed by atoms with Crippen molar-refractivity contribution in [2.24, 2.45) is 52.8 Å². The molecule has 1 nitrogen and oxygen atoms in total. The molecule has 4 rings (SSSR count). The first-order valence-corrected chi connectivity index (χ1v) is 12.4. The molecular weight excluding hydrogens is 328 g/mol. The lowest BCUT2D eigenvalue weighted by Gasteiger charge is -2.56. The van der Waals surface area contributed by atoms with Gasteiger partial charge in [0, 0.05) is 0 Å². The minimum absolute atomic E-state index is 0.499. The van der Waals surface area contributed by atoms with Gasteiger partial charge in [0.15, 0.2) is 0 Å². The summed E-state index contributed by atoms with van der Waals surface area (Å²) < 4.78 is 0. The van der Waals surface area contributed by atoms with E-state index < -0.39 is 5.60 Å². The summed E-state index contributed by atoms with van der Waals surface area (Å²) in [5.74, 6) is 7.93. The minimum atomic E-state index is -0.499. The van der Waals surface area contributed by atoms with Crippen LogP contribution in [0.1, 0.15) is 105 Å². The van der Waals surface area contributed by atoms with Gasteiger partial charge < -0.3 is 5.11 Å². The molecule has 0 spiro atoms. The molecule has 0 bridgehead atoms. The predicted octanol–water partition coefficient (Wildman–Crippen LogP) is 7.08. The lowest BCUT2D eigenvalue weighted by molar-refractivity contribution is -0.0741. The van der Waals surface area contributed by atoms with Crippen LogP contribution < -0.4 is 0 Å². The Hall–Kier alpha value is -0.0400. The Balaban J connectivity index is 1.45. The Morgan fingerprint density at radius 1 is 0.963 bits per heavy atom. The maximum Gasteiger partial charge on any atom is 0.0591 e. The Bertz CT molecular complexity index is 519. The maximum absolute atomic E-state index is 10.2. The number of hydrogen-bond donors (Lipinski definition) is 1. The number of aliphatic hydroxyl groups is 1. The smallest absolute Gasteiger partial charge is 0.0591 e. The van der Waals surface area contributed by atoms with E-state index in [1.54, 1.807) is 19.3 Å². The molecule has 0 amide bonds. The van der Waals surface area contributed by atoms with Crippen molar-refractivity contribution < 1.29 is 5.11 Å². The highest BCUT2D eigenvalue weighted by Crippen LogP contribution is 2.65. The van der Waals surface area contributed by atoms with Gasteiger partial charge in [0.25, 0.3) is 0 Å². The quantitative estimate of drug-likeness (QED) is 0.557. The summed E-state index contributed by atoms with van der Waals surface area (Å²) in [6.45, 7) is 11.6. The molecule has 4 saturated carbocycles. The van der Waals surface area contributed by atoms with Crippen LogP contribution in [0.15, 0.2) is 0 Å². The highest BCUT2D eigenvalue weighted by atomic mass is 16.3. The van der Waals surface area contributed by atoms with Crippen LogP contribution in [-0.4, -0.2) is 10.7 Å². The second-order valence-electron chi connectivity index (χ2n) is 12.4. The third kappa shape index (κ3) is 3.76. The monoisotopic (exact) mass is 374 g/mol. The van der Waals surface area contributed by atoms with E-state index in [0.717, 1.165) is 53.8 Å². The Morgan fingerprint density at radius 2 is 1.70 bits per heavy atom. The van der Waals surface area contributed by atoms with Gasteiger partial charge in [-0.2, -0.15) is 0 Å². The van der Waals surface area contributed by atoms with E-state index in [2.05, 4.69) is 20.8 Å². The maximum atomic E-state index is 10.2. The zero-order valence-corrected chi connectivity index (χ0v) is 18.8. The van der Waals surface area contributed by atoms with Gasteiger partial charge in [-0.25, -0.2) is 0 Å². The van der Waals surface area contributed by atoms with Crippen LogP contribution in [0.5, 0.6) is 0 Å². The van der Waals surface area contributed by atoms with E-state index >= 15 is 0 Å². The topological polar surface area (TPSA) is 20.2 Å². The van der Waals surface area contributed by atoms with Crippen molar-refractivity contribution in [3.8, 4) is 0 Å². The second kappa shape index (κ2) is 7.33. The van der Waals surface area contributed by atoms with Crippen molar-refractivity contribution in [1.29, 1.82) is 0 Å². The van der Waals surface area contributed by atoms with Gasteiger partial charge in [0.2, 0.25) is 0 Å². The molecule has 0 aromatic rings. The molecule has 1 heteroatoms.